The number of amides is 1. The number of hydrogen-bond acceptors (Lipinski definition) is 3. The first-order chi connectivity index (χ1) is 14.5. The Balaban J connectivity index is 1.37. The van der Waals surface area contributed by atoms with Gasteiger partial charge >= 0.3 is 0 Å². The number of carbonyl (C=O) groups is 1. The summed E-state index contributed by atoms with van der Waals surface area (Å²) in [6.07, 6.45) is 2.28. The van der Waals surface area contributed by atoms with Gasteiger partial charge in [0.1, 0.15) is 23.4 Å². The van der Waals surface area contributed by atoms with E-state index in [1.54, 1.807) is 12.1 Å². The number of likely N-dealkylation sites (tertiary alicyclic amines) is 1. The summed E-state index contributed by atoms with van der Waals surface area (Å²) in [5, 5.41) is 3.82. The molecule has 2 aromatic carbocycles. The van der Waals surface area contributed by atoms with Crippen molar-refractivity contribution in [3.63, 3.8) is 0 Å². The minimum Gasteiger partial charge on any atom is -0.490 e. The van der Waals surface area contributed by atoms with Crippen molar-refractivity contribution in [2.45, 2.75) is 45.4 Å². The van der Waals surface area contributed by atoms with Crippen LogP contribution < -0.4 is 10.1 Å². The van der Waals surface area contributed by atoms with Crippen molar-refractivity contribution in [3.8, 4) is 5.75 Å². The Morgan fingerprint density at radius 3 is 2.60 bits per heavy atom. The largest absolute Gasteiger partial charge is 0.490 e. The van der Waals surface area contributed by atoms with Crippen molar-refractivity contribution >= 4 is 16.8 Å². The third-order valence-corrected chi connectivity index (χ3v) is 5.71. The van der Waals surface area contributed by atoms with E-state index in [4.69, 9.17) is 4.74 Å². The van der Waals surface area contributed by atoms with E-state index < -0.39 is 0 Å². The SMILES string of the molecule is CC(C)N1CCC(Oc2ccc3cc(C(=O)NCc4ccc(F)cc4)[nH]c3c2)CC1. The molecule has 5 nitrogen and oxygen atoms in total. The van der Waals surface area contributed by atoms with Gasteiger partial charge in [0, 0.05) is 42.6 Å². The Morgan fingerprint density at radius 2 is 1.90 bits per heavy atom. The number of ether oxygens (including phenoxy) is 1. The summed E-state index contributed by atoms with van der Waals surface area (Å²) in [5.41, 5.74) is 2.22. The second-order valence-electron chi connectivity index (χ2n) is 8.19. The highest BCUT2D eigenvalue weighted by atomic mass is 19.1. The van der Waals surface area contributed by atoms with E-state index in [9.17, 15) is 9.18 Å². The molecule has 1 saturated heterocycles. The first kappa shape index (κ1) is 20.4. The van der Waals surface area contributed by atoms with Gasteiger partial charge in [0.2, 0.25) is 0 Å². The van der Waals surface area contributed by atoms with Crippen LogP contribution in [-0.4, -0.2) is 41.0 Å². The molecule has 158 valence electrons. The number of halogens is 1. The average molecular weight is 410 g/mol. The number of aromatic nitrogens is 1. The highest BCUT2D eigenvalue weighted by Crippen LogP contribution is 2.25. The molecular weight excluding hydrogens is 381 g/mol. The van der Waals surface area contributed by atoms with Crippen molar-refractivity contribution in [1.29, 1.82) is 0 Å². The normalized spacial score (nSPS) is 15.6. The number of nitrogens with zero attached hydrogens (tertiary/aromatic N) is 1. The van der Waals surface area contributed by atoms with Crippen LogP contribution in [0.15, 0.2) is 48.5 Å². The van der Waals surface area contributed by atoms with Crippen LogP contribution in [0.4, 0.5) is 4.39 Å². The number of benzene rings is 2. The lowest BCUT2D eigenvalue weighted by molar-refractivity contribution is 0.0844. The number of hydrogen-bond donors (Lipinski definition) is 2. The summed E-state index contributed by atoms with van der Waals surface area (Å²) in [4.78, 5) is 18.1. The summed E-state index contributed by atoms with van der Waals surface area (Å²) in [5.74, 6) is 0.342. The van der Waals surface area contributed by atoms with E-state index in [1.165, 1.54) is 12.1 Å². The van der Waals surface area contributed by atoms with Gasteiger partial charge in [-0.05, 0) is 62.6 Å². The minimum atomic E-state index is -0.288. The molecule has 0 atom stereocenters. The number of H-pyrrole nitrogens is 1. The zero-order valence-electron chi connectivity index (χ0n) is 17.5. The lowest BCUT2D eigenvalue weighted by atomic mass is 10.1. The third-order valence-electron chi connectivity index (χ3n) is 5.71. The fourth-order valence-electron chi connectivity index (χ4n) is 3.88. The van der Waals surface area contributed by atoms with Gasteiger partial charge < -0.3 is 19.9 Å². The molecule has 1 aromatic heterocycles. The molecule has 0 unspecified atom stereocenters. The highest BCUT2D eigenvalue weighted by molar-refractivity contribution is 5.98. The first-order valence-electron chi connectivity index (χ1n) is 10.5. The van der Waals surface area contributed by atoms with Gasteiger partial charge in [0.05, 0.1) is 0 Å². The number of rotatable bonds is 6. The molecule has 3 aromatic rings. The van der Waals surface area contributed by atoms with Gasteiger partial charge in [0.25, 0.3) is 5.91 Å². The molecule has 6 heteroatoms. The maximum Gasteiger partial charge on any atom is 0.267 e. The summed E-state index contributed by atoms with van der Waals surface area (Å²) in [6, 6.07) is 14.4. The molecule has 30 heavy (non-hydrogen) atoms. The van der Waals surface area contributed by atoms with E-state index in [-0.39, 0.29) is 17.8 Å². The lowest BCUT2D eigenvalue weighted by Gasteiger charge is -2.34. The van der Waals surface area contributed by atoms with Gasteiger partial charge in [-0.2, -0.15) is 0 Å². The van der Waals surface area contributed by atoms with E-state index in [2.05, 4.69) is 29.0 Å². The quantitative estimate of drug-likeness (QED) is 0.631. The fourth-order valence-corrected chi connectivity index (χ4v) is 3.88. The summed E-state index contributed by atoms with van der Waals surface area (Å²) >= 11 is 0. The maximum absolute atomic E-state index is 13.0. The van der Waals surface area contributed by atoms with Gasteiger partial charge in [-0.3, -0.25) is 4.79 Å². The standard InChI is InChI=1S/C24H28FN3O2/c1-16(2)28-11-9-20(10-12-28)30-21-8-5-18-13-23(27-22(18)14-21)24(29)26-15-17-3-6-19(25)7-4-17/h3-8,13-14,16,20,27H,9-12,15H2,1-2H3,(H,26,29). The van der Waals surface area contributed by atoms with Crippen LogP contribution in [-0.2, 0) is 6.54 Å². The van der Waals surface area contributed by atoms with Crippen LogP contribution in [0.5, 0.6) is 5.75 Å². The lowest BCUT2D eigenvalue weighted by Crippen LogP contribution is -2.41. The second kappa shape index (κ2) is 8.88. The monoisotopic (exact) mass is 409 g/mol. The van der Waals surface area contributed by atoms with E-state index >= 15 is 0 Å². The van der Waals surface area contributed by atoms with Crippen LogP contribution >= 0.6 is 0 Å². The molecule has 1 aliphatic rings. The number of fused-ring (bicyclic) bond motifs is 1. The number of piperidine rings is 1. The zero-order valence-corrected chi connectivity index (χ0v) is 17.5. The summed E-state index contributed by atoms with van der Waals surface area (Å²) < 4.78 is 19.2. The smallest absolute Gasteiger partial charge is 0.267 e. The first-order valence-corrected chi connectivity index (χ1v) is 10.5. The van der Waals surface area contributed by atoms with Crippen LogP contribution in [0.3, 0.4) is 0 Å². The zero-order chi connectivity index (χ0) is 21.1. The van der Waals surface area contributed by atoms with Gasteiger partial charge in [-0.25, -0.2) is 4.39 Å². The molecule has 0 bridgehead atoms. The van der Waals surface area contributed by atoms with Crippen LogP contribution in [0.25, 0.3) is 10.9 Å². The average Bonchev–Trinajstić information content (AvgIpc) is 3.17. The summed E-state index contributed by atoms with van der Waals surface area (Å²) in [7, 11) is 0. The van der Waals surface area contributed by atoms with Crippen molar-refractivity contribution in [3.05, 3.63) is 65.6 Å². The summed E-state index contributed by atoms with van der Waals surface area (Å²) in [6.45, 7) is 6.93. The number of carbonyl (C=O) groups excluding carboxylic acids is 1. The molecule has 2 N–H and O–H groups in total. The van der Waals surface area contributed by atoms with Crippen LogP contribution in [0, 0.1) is 5.82 Å². The molecule has 0 saturated carbocycles. The molecule has 0 aliphatic carbocycles. The fraction of sp³-hybridized carbons (Fsp3) is 0.375. The third kappa shape index (κ3) is 4.82. The van der Waals surface area contributed by atoms with Gasteiger partial charge in [-0.15, -0.1) is 0 Å². The minimum absolute atomic E-state index is 0.195. The van der Waals surface area contributed by atoms with E-state index in [1.807, 2.05) is 24.3 Å². The van der Waals surface area contributed by atoms with Gasteiger partial charge in [0.15, 0.2) is 0 Å². The van der Waals surface area contributed by atoms with Crippen LogP contribution in [0.1, 0.15) is 42.7 Å². The number of aromatic amines is 1. The predicted molar refractivity (Wildman–Crippen MR) is 116 cm³/mol. The van der Waals surface area contributed by atoms with Crippen LogP contribution in [0.2, 0.25) is 0 Å². The maximum atomic E-state index is 13.0. The Labute approximate surface area is 176 Å². The molecular formula is C24H28FN3O2. The molecule has 1 aliphatic heterocycles. The van der Waals surface area contributed by atoms with Crippen molar-refractivity contribution in [2.24, 2.45) is 0 Å². The van der Waals surface area contributed by atoms with E-state index in [0.717, 1.165) is 48.1 Å². The molecule has 2 heterocycles. The van der Waals surface area contributed by atoms with E-state index in [0.29, 0.717) is 18.3 Å². The molecule has 4 rings (SSSR count). The Morgan fingerprint density at radius 1 is 1.17 bits per heavy atom. The van der Waals surface area contributed by atoms with Crippen molar-refractivity contribution in [1.82, 2.24) is 15.2 Å². The topological polar surface area (TPSA) is 57.4 Å². The van der Waals surface area contributed by atoms with Crippen molar-refractivity contribution < 1.29 is 13.9 Å². The van der Waals surface area contributed by atoms with Crippen molar-refractivity contribution in [2.75, 3.05) is 13.1 Å². The Bertz CT molecular complexity index is 1000. The van der Waals surface area contributed by atoms with Gasteiger partial charge in [-0.1, -0.05) is 12.1 Å². The second-order valence-corrected chi connectivity index (χ2v) is 8.19. The molecule has 0 radical (unpaired) electrons. The molecule has 1 fully saturated rings. The highest BCUT2D eigenvalue weighted by Gasteiger charge is 2.22. The number of nitrogens with one attached hydrogen (secondary N) is 2. The Kier molecular flexibility index (Phi) is 6.04. The Hall–Kier alpha value is -2.86. The molecule has 1 amide bonds. The molecule has 0 spiro atoms. The predicted octanol–water partition coefficient (Wildman–Crippen LogP) is 4.49.